The summed E-state index contributed by atoms with van der Waals surface area (Å²) < 4.78 is 10.2. The lowest BCUT2D eigenvalue weighted by molar-refractivity contribution is -0.144. The molecule has 0 saturated heterocycles. The van der Waals surface area contributed by atoms with E-state index in [0.717, 1.165) is 19.3 Å². The number of nitrogens with zero attached hydrogens (tertiary/aromatic N) is 1. The number of alkyl carbamates (subject to hydrolysis) is 1. The zero-order valence-corrected chi connectivity index (χ0v) is 24.2. The molecule has 1 aromatic carbocycles. The fourth-order valence-electron chi connectivity index (χ4n) is 3.87. The summed E-state index contributed by atoms with van der Waals surface area (Å²) in [5.74, 6) is -2.65. The second-order valence-electron chi connectivity index (χ2n) is 10.3. The Labute approximate surface area is 235 Å². The molecule has 0 aliphatic rings. The molecule has 12 nitrogen and oxygen atoms in total. The molecule has 40 heavy (non-hydrogen) atoms. The molecule has 12 heteroatoms. The number of phenols is 1. The minimum absolute atomic E-state index is 0.0367. The minimum Gasteiger partial charge on any atom is -0.508 e. The summed E-state index contributed by atoms with van der Waals surface area (Å²) in [7, 11) is 0. The largest absolute Gasteiger partial charge is 0.508 e. The molecular weight excluding hydrogens is 520 g/mol. The number of unbranched alkanes of at least 4 members (excludes halogenated alkanes) is 3. The molecule has 0 radical (unpaired) electrons. The van der Waals surface area contributed by atoms with Gasteiger partial charge in [-0.25, -0.2) is 4.79 Å². The summed E-state index contributed by atoms with van der Waals surface area (Å²) in [5, 5.41) is 14.9. The Hall–Kier alpha value is -3.83. The van der Waals surface area contributed by atoms with Gasteiger partial charge < -0.3 is 35.8 Å². The molecule has 0 bridgehead atoms. The molecule has 0 aromatic heterocycles. The van der Waals surface area contributed by atoms with Crippen LogP contribution >= 0.6 is 0 Å². The highest BCUT2D eigenvalue weighted by atomic mass is 16.6. The van der Waals surface area contributed by atoms with Crippen molar-refractivity contribution in [2.24, 2.45) is 5.73 Å². The monoisotopic (exact) mass is 564 g/mol. The number of amides is 4. The molecule has 0 aliphatic carbocycles. The van der Waals surface area contributed by atoms with Crippen molar-refractivity contribution in [1.29, 1.82) is 0 Å². The first-order valence-electron chi connectivity index (χ1n) is 13.6. The van der Waals surface area contributed by atoms with Crippen LogP contribution in [0.4, 0.5) is 4.79 Å². The fourth-order valence-corrected chi connectivity index (χ4v) is 3.87. The molecule has 0 saturated carbocycles. The number of hydrogen-bond acceptors (Lipinski definition) is 8. The topological polar surface area (TPSA) is 177 Å². The van der Waals surface area contributed by atoms with Crippen LogP contribution in [0.25, 0.3) is 0 Å². The van der Waals surface area contributed by atoms with Crippen LogP contribution < -0.4 is 16.4 Å². The van der Waals surface area contributed by atoms with Gasteiger partial charge in [0.2, 0.25) is 17.7 Å². The number of hydrogen-bond donors (Lipinski definition) is 4. The van der Waals surface area contributed by atoms with Crippen molar-refractivity contribution in [3.05, 3.63) is 29.8 Å². The number of carbonyl (C=O) groups excluding carboxylic acids is 5. The molecular formula is C28H44N4O8. The normalized spacial score (nSPS) is 12.5. The third-order valence-electron chi connectivity index (χ3n) is 5.63. The highest BCUT2D eigenvalue weighted by Gasteiger charge is 2.36. The molecule has 1 rings (SSSR count). The lowest BCUT2D eigenvalue weighted by Crippen LogP contribution is -2.54. The van der Waals surface area contributed by atoms with E-state index in [0.29, 0.717) is 12.0 Å². The van der Waals surface area contributed by atoms with E-state index in [1.807, 2.05) is 6.92 Å². The zero-order valence-electron chi connectivity index (χ0n) is 24.2. The van der Waals surface area contributed by atoms with E-state index in [1.54, 1.807) is 27.7 Å². The Morgan fingerprint density at radius 1 is 1.02 bits per heavy atom. The van der Waals surface area contributed by atoms with Crippen LogP contribution in [-0.4, -0.2) is 71.1 Å². The zero-order chi connectivity index (χ0) is 30.3. The summed E-state index contributed by atoms with van der Waals surface area (Å²) in [6, 6.07) is 3.17. The predicted octanol–water partition coefficient (Wildman–Crippen LogP) is 2.68. The average Bonchev–Trinajstić information content (AvgIpc) is 2.84. The molecule has 224 valence electrons. The Morgan fingerprint density at radius 3 is 2.23 bits per heavy atom. The summed E-state index contributed by atoms with van der Waals surface area (Å²) in [6.45, 7) is 8.96. The van der Waals surface area contributed by atoms with Gasteiger partial charge in [-0.1, -0.05) is 38.3 Å². The van der Waals surface area contributed by atoms with Crippen LogP contribution in [0.1, 0.15) is 84.7 Å². The van der Waals surface area contributed by atoms with Crippen LogP contribution in [0.2, 0.25) is 0 Å². The maximum absolute atomic E-state index is 13.9. The maximum atomic E-state index is 13.9. The van der Waals surface area contributed by atoms with E-state index < -0.39 is 53.9 Å². The lowest BCUT2D eigenvalue weighted by Gasteiger charge is -2.34. The molecule has 0 heterocycles. The van der Waals surface area contributed by atoms with Gasteiger partial charge in [-0.3, -0.25) is 19.2 Å². The first kappa shape index (κ1) is 34.2. The SMILES string of the molecule is CCCCCCN(C(=O)C(CC(N)=O)NC(=O)OC(C)(C)C)C(C(=O)NCCC(=O)OCC)c1ccc(O)cc1. The van der Waals surface area contributed by atoms with Crippen molar-refractivity contribution < 1.29 is 38.6 Å². The number of phenolic OH excluding ortho intramolecular Hbond substituents is 1. The summed E-state index contributed by atoms with van der Waals surface area (Å²) in [4.78, 5) is 65.0. The van der Waals surface area contributed by atoms with Crippen LogP contribution in [0.5, 0.6) is 5.75 Å². The summed E-state index contributed by atoms with van der Waals surface area (Å²) in [6.07, 6.45) is 1.64. The van der Waals surface area contributed by atoms with Crippen molar-refractivity contribution in [2.45, 2.75) is 90.8 Å². The number of primary amides is 1. The van der Waals surface area contributed by atoms with E-state index in [4.69, 9.17) is 15.2 Å². The van der Waals surface area contributed by atoms with E-state index in [2.05, 4.69) is 10.6 Å². The van der Waals surface area contributed by atoms with Crippen molar-refractivity contribution in [3.63, 3.8) is 0 Å². The molecule has 4 amide bonds. The van der Waals surface area contributed by atoms with Gasteiger partial charge in [0.25, 0.3) is 0 Å². The van der Waals surface area contributed by atoms with Crippen LogP contribution in [0, 0.1) is 0 Å². The number of nitrogens with two attached hydrogens (primary N) is 1. The quantitative estimate of drug-likeness (QED) is 0.175. The van der Waals surface area contributed by atoms with Crippen LogP contribution in [0.15, 0.2) is 24.3 Å². The minimum atomic E-state index is -1.40. The van der Waals surface area contributed by atoms with Gasteiger partial charge in [0.15, 0.2) is 0 Å². The highest BCUT2D eigenvalue weighted by Crippen LogP contribution is 2.26. The van der Waals surface area contributed by atoms with Gasteiger partial charge in [-0.2, -0.15) is 0 Å². The lowest BCUT2D eigenvalue weighted by atomic mass is 10.0. The first-order valence-corrected chi connectivity index (χ1v) is 13.6. The molecule has 0 fully saturated rings. The van der Waals surface area contributed by atoms with Crippen LogP contribution in [-0.2, 0) is 28.7 Å². The van der Waals surface area contributed by atoms with Gasteiger partial charge in [0.05, 0.1) is 19.4 Å². The van der Waals surface area contributed by atoms with E-state index in [9.17, 15) is 29.1 Å². The van der Waals surface area contributed by atoms with Crippen molar-refractivity contribution in [2.75, 3.05) is 19.7 Å². The smallest absolute Gasteiger partial charge is 0.408 e. The summed E-state index contributed by atoms with van der Waals surface area (Å²) >= 11 is 0. The molecule has 2 atom stereocenters. The van der Waals surface area contributed by atoms with Crippen molar-refractivity contribution in [1.82, 2.24) is 15.5 Å². The number of aromatic hydroxyl groups is 1. The molecule has 5 N–H and O–H groups in total. The molecule has 1 aromatic rings. The number of rotatable bonds is 16. The third-order valence-corrected chi connectivity index (χ3v) is 5.63. The number of ether oxygens (including phenoxy) is 2. The van der Waals surface area contributed by atoms with E-state index >= 15 is 0 Å². The molecule has 0 spiro atoms. The Balaban J connectivity index is 3.42. The second kappa shape index (κ2) is 17.0. The molecule has 0 aliphatic heterocycles. The number of carbonyl (C=O) groups is 5. The van der Waals surface area contributed by atoms with Gasteiger partial charge in [0.1, 0.15) is 23.4 Å². The number of benzene rings is 1. The van der Waals surface area contributed by atoms with Gasteiger partial charge >= 0.3 is 12.1 Å². The Kier molecular flexibility index (Phi) is 14.5. The highest BCUT2D eigenvalue weighted by molar-refractivity contribution is 5.94. The fraction of sp³-hybridized carbons (Fsp3) is 0.607. The Bertz CT molecular complexity index is 991. The third kappa shape index (κ3) is 12.8. The van der Waals surface area contributed by atoms with Gasteiger partial charge in [-0.05, 0) is 51.8 Å². The van der Waals surface area contributed by atoms with E-state index in [-0.39, 0.29) is 31.9 Å². The number of nitrogens with one attached hydrogen (secondary N) is 2. The standard InChI is InChI=1S/C28H44N4O8/c1-6-8-9-10-17-32(26(37)21(18-22(29)34)31-27(38)40-28(3,4)5)24(19-11-13-20(33)14-12-19)25(36)30-16-15-23(35)39-7-2/h11-14,21,24,33H,6-10,15-18H2,1-5H3,(H2,29,34)(H,30,36)(H,31,38). The number of esters is 1. The van der Waals surface area contributed by atoms with Crippen molar-refractivity contribution in [3.8, 4) is 5.75 Å². The summed E-state index contributed by atoms with van der Waals surface area (Å²) in [5.41, 5.74) is 4.92. The first-order chi connectivity index (χ1) is 18.8. The average molecular weight is 565 g/mol. The Morgan fingerprint density at radius 2 is 1.68 bits per heavy atom. The predicted molar refractivity (Wildman–Crippen MR) is 148 cm³/mol. The second-order valence-corrected chi connectivity index (χ2v) is 10.3. The van der Waals surface area contributed by atoms with E-state index in [1.165, 1.54) is 29.2 Å². The van der Waals surface area contributed by atoms with Crippen LogP contribution in [0.3, 0.4) is 0 Å². The van der Waals surface area contributed by atoms with Gasteiger partial charge in [0, 0.05) is 13.1 Å². The molecule has 2 unspecified atom stereocenters. The van der Waals surface area contributed by atoms with Gasteiger partial charge in [-0.15, -0.1) is 0 Å². The van der Waals surface area contributed by atoms with Crippen molar-refractivity contribution >= 4 is 29.8 Å². The maximum Gasteiger partial charge on any atom is 0.408 e.